The van der Waals surface area contributed by atoms with Gasteiger partial charge in [0.2, 0.25) is 5.91 Å². The van der Waals surface area contributed by atoms with Crippen LogP contribution in [0, 0.1) is 0 Å². The van der Waals surface area contributed by atoms with E-state index >= 15 is 0 Å². The molecule has 2 aromatic heterocycles. The van der Waals surface area contributed by atoms with Crippen LogP contribution in [0.3, 0.4) is 0 Å². The first-order valence-corrected chi connectivity index (χ1v) is 9.34. The lowest BCUT2D eigenvalue weighted by molar-refractivity contribution is -0.114. The molecule has 0 unspecified atom stereocenters. The number of amides is 2. The largest absolute Gasteiger partial charge is 0.354 e. The Bertz CT molecular complexity index is 1240. The summed E-state index contributed by atoms with van der Waals surface area (Å²) in [6, 6.07) is 18.7. The molecule has 4 rings (SSSR count). The van der Waals surface area contributed by atoms with E-state index in [0.29, 0.717) is 11.3 Å². The molecule has 7 heteroatoms. The predicted octanol–water partition coefficient (Wildman–Crippen LogP) is 3.95. The summed E-state index contributed by atoms with van der Waals surface area (Å²) in [4.78, 5) is 31.0. The fourth-order valence-electron chi connectivity index (χ4n) is 3.20. The number of benzene rings is 2. The molecule has 0 bridgehead atoms. The van der Waals surface area contributed by atoms with Crippen LogP contribution in [0.1, 0.15) is 22.8 Å². The average molecular weight is 397 g/mol. The molecule has 0 fully saturated rings. The van der Waals surface area contributed by atoms with Crippen LogP contribution in [0.5, 0.6) is 0 Å². The van der Waals surface area contributed by atoms with Gasteiger partial charge in [-0.2, -0.15) is 5.10 Å². The number of H-pyrrole nitrogens is 1. The normalized spacial score (nSPS) is 11.0. The van der Waals surface area contributed by atoms with Crippen molar-refractivity contribution in [3.8, 4) is 11.3 Å². The van der Waals surface area contributed by atoms with E-state index in [1.807, 2.05) is 48.5 Å². The fourth-order valence-corrected chi connectivity index (χ4v) is 3.20. The molecule has 4 aromatic rings. The molecule has 0 spiro atoms. The maximum absolute atomic E-state index is 12.2. The molecule has 0 aliphatic rings. The third kappa shape index (κ3) is 4.10. The number of rotatable bonds is 5. The number of carbonyl (C=O) groups is 2. The van der Waals surface area contributed by atoms with Gasteiger partial charge in [-0.15, -0.1) is 0 Å². The maximum atomic E-state index is 12.2. The molecule has 30 heavy (non-hydrogen) atoms. The summed E-state index contributed by atoms with van der Waals surface area (Å²) >= 11 is 0. The zero-order chi connectivity index (χ0) is 20.9. The molecule has 2 heterocycles. The van der Waals surface area contributed by atoms with Crippen LogP contribution in [0.15, 0.2) is 78.2 Å². The fraction of sp³-hybridized carbons (Fsp3) is 0.0435. The summed E-state index contributed by atoms with van der Waals surface area (Å²) in [5.74, 6) is -0.475. The van der Waals surface area contributed by atoms with Gasteiger partial charge in [0.15, 0.2) is 0 Å². The zero-order valence-corrected chi connectivity index (χ0v) is 16.2. The second kappa shape index (κ2) is 8.40. The Morgan fingerprint density at radius 2 is 1.93 bits per heavy atom. The van der Waals surface area contributed by atoms with Crippen LogP contribution in [-0.4, -0.2) is 28.0 Å². The topological polar surface area (TPSA) is 99.2 Å². The Balaban J connectivity index is 1.69. The Hall–Kier alpha value is -4.26. The molecule has 0 aliphatic heterocycles. The summed E-state index contributed by atoms with van der Waals surface area (Å²) in [6.07, 6.45) is 4.70. The first-order chi connectivity index (χ1) is 14.6. The van der Waals surface area contributed by atoms with Gasteiger partial charge in [-0.3, -0.25) is 14.6 Å². The number of nitrogens with one attached hydrogen (secondary N) is 3. The minimum absolute atomic E-state index is 0.135. The van der Waals surface area contributed by atoms with Crippen molar-refractivity contribution in [2.24, 2.45) is 5.10 Å². The average Bonchev–Trinajstić information content (AvgIpc) is 3.13. The van der Waals surface area contributed by atoms with E-state index in [-0.39, 0.29) is 11.8 Å². The van der Waals surface area contributed by atoms with E-state index in [1.54, 1.807) is 24.5 Å². The van der Waals surface area contributed by atoms with Gasteiger partial charge in [0, 0.05) is 47.0 Å². The highest BCUT2D eigenvalue weighted by atomic mass is 16.2. The number of anilines is 1. The Kier molecular flexibility index (Phi) is 5.34. The van der Waals surface area contributed by atoms with Gasteiger partial charge >= 0.3 is 0 Å². The zero-order valence-electron chi connectivity index (χ0n) is 16.2. The molecule has 2 aromatic carbocycles. The van der Waals surface area contributed by atoms with E-state index in [1.165, 1.54) is 13.1 Å². The lowest BCUT2D eigenvalue weighted by Crippen LogP contribution is -2.17. The molecular weight excluding hydrogens is 378 g/mol. The summed E-state index contributed by atoms with van der Waals surface area (Å²) in [5, 5.41) is 7.92. The highest BCUT2D eigenvalue weighted by Gasteiger charge is 2.12. The van der Waals surface area contributed by atoms with Gasteiger partial charge in [0.25, 0.3) is 5.91 Å². The van der Waals surface area contributed by atoms with E-state index in [0.717, 1.165) is 27.7 Å². The van der Waals surface area contributed by atoms with Crippen molar-refractivity contribution in [1.29, 1.82) is 0 Å². The lowest BCUT2D eigenvalue weighted by Gasteiger charge is -2.06. The second-order valence-electron chi connectivity index (χ2n) is 6.66. The number of carbonyl (C=O) groups excluding carboxylic acids is 2. The number of fused-ring (bicyclic) bond motifs is 1. The Labute approximate surface area is 172 Å². The van der Waals surface area contributed by atoms with E-state index in [4.69, 9.17) is 0 Å². The first kappa shape index (κ1) is 19.1. The van der Waals surface area contributed by atoms with Crippen molar-refractivity contribution in [2.75, 3.05) is 5.32 Å². The van der Waals surface area contributed by atoms with Crippen LogP contribution in [-0.2, 0) is 4.79 Å². The van der Waals surface area contributed by atoms with Crippen LogP contribution in [0.4, 0.5) is 5.69 Å². The van der Waals surface area contributed by atoms with Gasteiger partial charge in [-0.1, -0.05) is 30.3 Å². The van der Waals surface area contributed by atoms with Gasteiger partial charge in [0.05, 0.1) is 17.5 Å². The van der Waals surface area contributed by atoms with Crippen molar-refractivity contribution in [3.63, 3.8) is 0 Å². The summed E-state index contributed by atoms with van der Waals surface area (Å²) < 4.78 is 0. The molecule has 3 N–H and O–H groups in total. The highest BCUT2D eigenvalue weighted by molar-refractivity contribution is 6.06. The monoisotopic (exact) mass is 397 g/mol. The number of aromatic nitrogens is 2. The van der Waals surface area contributed by atoms with E-state index in [2.05, 4.69) is 25.8 Å². The summed E-state index contributed by atoms with van der Waals surface area (Å²) in [5.41, 5.74) is 7.16. The molecule has 0 radical (unpaired) electrons. The summed E-state index contributed by atoms with van der Waals surface area (Å²) in [6.45, 7) is 1.47. The molecule has 0 atom stereocenters. The molecule has 0 saturated carbocycles. The summed E-state index contributed by atoms with van der Waals surface area (Å²) in [7, 11) is 0. The SMILES string of the molecule is CC(=O)Nc1cccc(-c2[nH]c3ccccc3c2/C=N/NC(=O)c2cccnc2)c1. The van der Waals surface area contributed by atoms with E-state index < -0.39 is 0 Å². The first-order valence-electron chi connectivity index (χ1n) is 9.34. The van der Waals surface area contributed by atoms with Gasteiger partial charge < -0.3 is 10.3 Å². The molecule has 148 valence electrons. The Morgan fingerprint density at radius 1 is 1.07 bits per heavy atom. The van der Waals surface area contributed by atoms with Gasteiger partial charge in [-0.05, 0) is 30.3 Å². The van der Waals surface area contributed by atoms with Crippen LogP contribution < -0.4 is 10.7 Å². The smallest absolute Gasteiger partial charge is 0.272 e. The van der Waals surface area contributed by atoms with Crippen LogP contribution in [0.25, 0.3) is 22.2 Å². The molecule has 0 saturated heterocycles. The molecule has 2 amide bonds. The van der Waals surface area contributed by atoms with Crippen molar-refractivity contribution >= 4 is 34.6 Å². The van der Waals surface area contributed by atoms with Crippen LogP contribution >= 0.6 is 0 Å². The third-order valence-electron chi connectivity index (χ3n) is 4.50. The van der Waals surface area contributed by atoms with Crippen LogP contribution in [0.2, 0.25) is 0 Å². The number of hydrogen-bond acceptors (Lipinski definition) is 4. The van der Waals surface area contributed by atoms with Crippen molar-refractivity contribution in [3.05, 3.63) is 84.2 Å². The minimum Gasteiger partial charge on any atom is -0.354 e. The third-order valence-corrected chi connectivity index (χ3v) is 4.50. The highest BCUT2D eigenvalue weighted by Crippen LogP contribution is 2.30. The molecule has 0 aliphatic carbocycles. The Morgan fingerprint density at radius 3 is 2.73 bits per heavy atom. The van der Waals surface area contributed by atoms with Crippen molar-refractivity contribution in [1.82, 2.24) is 15.4 Å². The maximum Gasteiger partial charge on any atom is 0.272 e. The quantitative estimate of drug-likeness (QED) is 0.351. The number of hydrogen-bond donors (Lipinski definition) is 3. The van der Waals surface area contributed by atoms with E-state index in [9.17, 15) is 9.59 Å². The lowest BCUT2D eigenvalue weighted by atomic mass is 10.1. The van der Waals surface area contributed by atoms with Crippen molar-refractivity contribution < 1.29 is 9.59 Å². The second-order valence-corrected chi connectivity index (χ2v) is 6.66. The van der Waals surface area contributed by atoms with Gasteiger partial charge in [-0.25, -0.2) is 5.43 Å². The standard InChI is InChI=1S/C23H19N5O2/c1-15(29)26-18-8-4-6-16(12-18)22-20(19-9-2-3-10-21(19)27-22)14-25-28-23(30)17-7-5-11-24-13-17/h2-14,27H,1H3,(H,26,29)(H,28,30)/b25-14+. The number of hydrazone groups is 1. The van der Waals surface area contributed by atoms with Gasteiger partial charge in [0.1, 0.15) is 0 Å². The van der Waals surface area contributed by atoms with Crippen molar-refractivity contribution in [2.45, 2.75) is 6.92 Å². The minimum atomic E-state index is -0.339. The predicted molar refractivity (Wildman–Crippen MR) is 117 cm³/mol. The number of aromatic amines is 1. The number of para-hydroxylation sites is 1. The molecular formula is C23H19N5O2. The molecule has 7 nitrogen and oxygen atoms in total. The number of nitrogens with zero attached hydrogens (tertiary/aromatic N) is 2. The number of pyridine rings is 1.